The fraction of sp³-hybridized carbons (Fsp3) is 0.360. The van der Waals surface area contributed by atoms with Crippen molar-refractivity contribution in [1.29, 1.82) is 0 Å². The quantitative estimate of drug-likeness (QED) is 0.470. The average molecular weight is 512 g/mol. The van der Waals surface area contributed by atoms with Crippen LogP contribution in [-0.2, 0) is 16.1 Å². The van der Waals surface area contributed by atoms with Crippen molar-refractivity contribution in [2.24, 2.45) is 0 Å². The van der Waals surface area contributed by atoms with Crippen LogP contribution in [0.1, 0.15) is 29.6 Å². The molecule has 3 heterocycles. The minimum Gasteiger partial charge on any atom is -0.497 e. The molecule has 0 unspecified atom stereocenters. The maximum atomic E-state index is 13.3. The highest BCUT2D eigenvalue weighted by Gasteiger charge is 2.25. The SMILES string of the molecule is COc1ccc(Nc2nc(C(=O)N(CCC(=O)N3CCN(C(C)=O)CC3)Cc3ccco3)cs2)cc1. The second kappa shape index (κ2) is 11.7. The van der Waals surface area contributed by atoms with Gasteiger partial charge in [-0.25, -0.2) is 4.98 Å². The molecule has 0 bridgehead atoms. The molecule has 2 aromatic heterocycles. The lowest BCUT2D eigenvalue weighted by atomic mass is 10.2. The molecule has 1 N–H and O–H groups in total. The molecule has 1 aliphatic rings. The Morgan fingerprint density at radius 1 is 1.11 bits per heavy atom. The van der Waals surface area contributed by atoms with Crippen molar-refractivity contribution in [3.8, 4) is 5.75 Å². The smallest absolute Gasteiger partial charge is 0.273 e. The molecule has 0 saturated carbocycles. The van der Waals surface area contributed by atoms with Gasteiger partial charge in [0.1, 0.15) is 17.2 Å². The number of anilines is 2. The van der Waals surface area contributed by atoms with E-state index < -0.39 is 0 Å². The van der Waals surface area contributed by atoms with Crippen LogP contribution in [-0.4, -0.2) is 77.2 Å². The molecular formula is C25H29N5O5S. The number of furan rings is 1. The third-order valence-electron chi connectivity index (χ3n) is 5.95. The summed E-state index contributed by atoms with van der Waals surface area (Å²) in [5.41, 5.74) is 1.12. The average Bonchev–Trinajstić information content (AvgIpc) is 3.59. The standard InChI is InChI=1S/C25H29N5O5S/c1-18(31)28-11-13-29(14-12-28)23(32)9-10-30(16-21-4-3-15-35-21)24(33)22-17-36-25(27-22)26-19-5-7-20(34-2)8-6-19/h3-8,15,17H,9-14,16H2,1-2H3,(H,26,27). The summed E-state index contributed by atoms with van der Waals surface area (Å²) in [4.78, 5) is 47.2. The number of benzene rings is 1. The summed E-state index contributed by atoms with van der Waals surface area (Å²) in [6.45, 7) is 4.04. The monoisotopic (exact) mass is 511 g/mol. The van der Waals surface area contributed by atoms with E-state index in [9.17, 15) is 14.4 Å². The highest BCUT2D eigenvalue weighted by atomic mass is 32.1. The number of carbonyl (C=O) groups excluding carboxylic acids is 3. The minimum absolute atomic E-state index is 0.0152. The second-order valence-corrected chi connectivity index (χ2v) is 9.19. The van der Waals surface area contributed by atoms with Crippen LogP contribution in [0.3, 0.4) is 0 Å². The number of thiazole rings is 1. The maximum absolute atomic E-state index is 13.3. The van der Waals surface area contributed by atoms with Crippen molar-refractivity contribution in [2.45, 2.75) is 19.9 Å². The van der Waals surface area contributed by atoms with Gasteiger partial charge >= 0.3 is 0 Å². The largest absolute Gasteiger partial charge is 0.497 e. The number of amides is 3. The maximum Gasteiger partial charge on any atom is 0.273 e. The number of carbonyl (C=O) groups is 3. The number of aromatic nitrogens is 1. The van der Waals surface area contributed by atoms with E-state index >= 15 is 0 Å². The van der Waals surface area contributed by atoms with Crippen molar-refractivity contribution in [3.05, 3.63) is 59.5 Å². The van der Waals surface area contributed by atoms with Crippen molar-refractivity contribution in [3.63, 3.8) is 0 Å². The third-order valence-corrected chi connectivity index (χ3v) is 6.71. The molecule has 1 saturated heterocycles. The van der Waals surface area contributed by atoms with Crippen LogP contribution in [0.4, 0.5) is 10.8 Å². The summed E-state index contributed by atoms with van der Waals surface area (Å²) in [6, 6.07) is 11.0. The van der Waals surface area contributed by atoms with E-state index in [0.717, 1.165) is 11.4 Å². The number of hydrogen-bond acceptors (Lipinski definition) is 8. The van der Waals surface area contributed by atoms with Gasteiger partial charge < -0.3 is 29.2 Å². The molecule has 11 heteroatoms. The van der Waals surface area contributed by atoms with Gasteiger partial charge in [-0.3, -0.25) is 14.4 Å². The van der Waals surface area contributed by atoms with Gasteiger partial charge in [0.25, 0.3) is 5.91 Å². The van der Waals surface area contributed by atoms with Gasteiger partial charge in [-0.15, -0.1) is 11.3 Å². The van der Waals surface area contributed by atoms with Gasteiger partial charge in [-0.1, -0.05) is 0 Å². The fourth-order valence-corrected chi connectivity index (χ4v) is 4.60. The van der Waals surface area contributed by atoms with Crippen LogP contribution in [0.15, 0.2) is 52.5 Å². The third kappa shape index (κ3) is 6.42. The predicted molar refractivity (Wildman–Crippen MR) is 135 cm³/mol. The normalized spacial score (nSPS) is 13.4. The van der Waals surface area contributed by atoms with Crippen LogP contribution in [0.2, 0.25) is 0 Å². The molecule has 3 aromatic rings. The second-order valence-electron chi connectivity index (χ2n) is 8.33. The van der Waals surface area contributed by atoms with E-state index in [0.29, 0.717) is 42.8 Å². The van der Waals surface area contributed by atoms with Gasteiger partial charge in [-0.05, 0) is 36.4 Å². The number of piperazine rings is 1. The van der Waals surface area contributed by atoms with Crippen molar-refractivity contribution >= 4 is 39.9 Å². The minimum atomic E-state index is -0.278. The van der Waals surface area contributed by atoms with Gasteiger partial charge in [0, 0.05) is 57.1 Å². The molecule has 0 spiro atoms. The first kappa shape index (κ1) is 25.2. The summed E-state index contributed by atoms with van der Waals surface area (Å²) in [6.07, 6.45) is 1.73. The number of nitrogens with zero attached hydrogens (tertiary/aromatic N) is 4. The van der Waals surface area contributed by atoms with Gasteiger partial charge in [-0.2, -0.15) is 0 Å². The molecule has 1 aliphatic heterocycles. The van der Waals surface area contributed by atoms with Crippen LogP contribution in [0.5, 0.6) is 5.75 Å². The lowest BCUT2D eigenvalue weighted by molar-refractivity contribution is -0.138. The Balaban J connectivity index is 1.39. The molecule has 3 amide bonds. The summed E-state index contributed by atoms with van der Waals surface area (Å²) >= 11 is 1.33. The van der Waals surface area contributed by atoms with Crippen LogP contribution >= 0.6 is 11.3 Å². The summed E-state index contributed by atoms with van der Waals surface area (Å²) < 4.78 is 10.6. The lowest BCUT2D eigenvalue weighted by Gasteiger charge is -2.34. The van der Waals surface area contributed by atoms with E-state index in [-0.39, 0.29) is 37.2 Å². The molecule has 1 aromatic carbocycles. The molecule has 1 fully saturated rings. The summed E-state index contributed by atoms with van der Waals surface area (Å²) in [5, 5.41) is 5.48. The first-order valence-electron chi connectivity index (χ1n) is 11.6. The Bertz CT molecular complexity index is 1170. The highest BCUT2D eigenvalue weighted by Crippen LogP contribution is 2.24. The van der Waals surface area contributed by atoms with Gasteiger partial charge in [0.05, 0.1) is 19.9 Å². The van der Waals surface area contributed by atoms with Crippen LogP contribution in [0.25, 0.3) is 0 Å². The molecule has 0 radical (unpaired) electrons. The van der Waals surface area contributed by atoms with Crippen LogP contribution < -0.4 is 10.1 Å². The van der Waals surface area contributed by atoms with Crippen molar-refractivity contribution in [2.75, 3.05) is 45.2 Å². The van der Waals surface area contributed by atoms with E-state index in [2.05, 4.69) is 10.3 Å². The van der Waals surface area contributed by atoms with E-state index in [1.807, 2.05) is 24.3 Å². The highest BCUT2D eigenvalue weighted by molar-refractivity contribution is 7.14. The van der Waals surface area contributed by atoms with Gasteiger partial charge in [0.2, 0.25) is 11.8 Å². The summed E-state index contributed by atoms with van der Waals surface area (Å²) in [7, 11) is 1.61. The predicted octanol–water partition coefficient (Wildman–Crippen LogP) is 3.21. The zero-order chi connectivity index (χ0) is 25.5. The number of ether oxygens (including phenoxy) is 1. The van der Waals surface area contributed by atoms with E-state index in [4.69, 9.17) is 9.15 Å². The molecule has 0 atom stereocenters. The Morgan fingerprint density at radius 2 is 1.83 bits per heavy atom. The van der Waals surface area contributed by atoms with Crippen molar-refractivity contribution < 1.29 is 23.5 Å². The molecular weight excluding hydrogens is 482 g/mol. The number of nitrogens with one attached hydrogen (secondary N) is 1. The zero-order valence-corrected chi connectivity index (χ0v) is 21.1. The number of rotatable bonds is 9. The molecule has 0 aliphatic carbocycles. The first-order chi connectivity index (χ1) is 17.4. The number of methoxy groups -OCH3 is 1. The molecule has 190 valence electrons. The van der Waals surface area contributed by atoms with E-state index in [1.54, 1.807) is 45.6 Å². The molecule has 36 heavy (non-hydrogen) atoms. The topological polar surface area (TPSA) is 108 Å². The number of hydrogen-bond donors (Lipinski definition) is 1. The summed E-state index contributed by atoms with van der Waals surface area (Å²) in [5.74, 6) is 1.06. The zero-order valence-electron chi connectivity index (χ0n) is 20.3. The first-order valence-corrected chi connectivity index (χ1v) is 12.5. The fourth-order valence-electron chi connectivity index (χ4n) is 3.89. The van der Waals surface area contributed by atoms with E-state index in [1.165, 1.54) is 18.3 Å². The van der Waals surface area contributed by atoms with Gasteiger partial charge in [0.15, 0.2) is 5.13 Å². The Kier molecular flexibility index (Phi) is 8.21. The Labute approximate surface area is 213 Å². The van der Waals surface area contributed by atoms with Crippen LogP contribution in [0, 0.1) is 0 Å². The Morgan fingerprint density at radius 3 is 2.47 bits per heavy atom. The molecule has 10 nitrogen and oxygen atoms in total. The lowest BCUT2D eigenvalue weighted by Crippen LogP contribution is -2.50. The Hall–Kier alpha value is -3.86. The molecule has 4 rings (SSSR count). The van der Waals surface area contributed by atoms with Crippen molar-refractivity contribution in [1.82, 2.24) is 19.7 Å².